The Kier molecular flexibility index (Phi) is 4.59. The van der Waals surface area contributed by atoms with E-state index in [1.54, 1.807) is 12.1 Å². The molecule has 0 fully saturated rings. The fourth-order valence-corrected chi connectivity index (χ4v) is 3.27. The Morgan fingerprint density at radius 1 is 1.13 bits per heavy atom. The molecule has 0 aliphatic carbocycles. The summed E-state index contributed by atoms with van der Waals surface area (Å²) in [6.07, 6.45) is 0. The van der Waals surface area contributed by atoms with Gasteiger partial charge in [-0.2, -0.15) is 0 Å². The smallest absolute Gasteiger partial charge is 0.262 e. The summed E-state index contributed by atoms with van der Waals surface area (Å²) in [5.41, 5.74) is 0.690. The van der Waals surface area contributed by atoms with E-state index in [-0.39, 0.29) is 26.8 Å². The highest BCUT2D eigenvalue weighted by Crippen LogP contribution is 2.32. The number of anilines is 1. The van der Waals surface area contributed by atoms with Crippen molar-refractivity contribution < 1.29 is 17.9 Å². The van der Waals surface area contributed by atoms with E-state index in [0.29, 0.717) is 0 Å². The number of rotatable bonds is 3. The molecule has 0 aliphatic rings. The number of benzene rings is 2. The maximum absolute atomic E-state index is 13.2. The molecule has 0 spiro atoms. The van der Waals surface area contributed by atoms with Crippen molar-refractivity contribution in [3.05, 3.63) is 52.8 Å². The van der Waals surface area contributed by atoms with Crippen molar-refractivity contribution in [1.29, 1.82) is 0 Å². The van der Waals surface area contributed by atoms with E-state index in [1.807, 2.05) is 20.8 Å². The van der Waals surface area contributed by atoms with Gasteiger partial charge in [0.1, 0.15) is 11.6 Å². The van der Waals surface area contributed by atoms with Gasteiger partial charge in [-0.15, -0.1) is 0 Å². The van der Waals surface area contributed by atoms with Crippen LogP contribution in [0, 0.1) is 5.82 Å². The first kappa shape index (κ1) is 17.6. The second kappa shape index (κ2) is 6.02. The van der Waals surface area contributed by atoms with Gasteiger partial charge in [0.05, 0.1) is 15.6 Å². The first-order valence-corrected chi connectivity index (χ1v) is 8.68. The lowest BCUT2D eigenvalue weighted by atomic mass is 9.87. The summed E-state index contributed by atoms with van der Waals surface area (Å²) < 4.78 is 40.2. The molecule has 0 radical (unpaired) electrons. The fraction of sp³-hybridized carbons (Fsp3) is 0.250. The van der Waals surface area contributed by atoms with E-state index < -0.39 is 15.8 Å². The van der Waals surface area contributed by atoms with Crippen LogP contribution in [0.5, 0.6) is 5.75 Å². The summed E-state index contributed by atoms with van der Waals surface area (Å²) in [5.74, 6) is -0.905. The molecule has 0 aromatic heterocycles. The van der Waals surface area contributed by atoms with Gasteiger partial charge in [-0.3, -0.25) is 4.72 Å². The Hall–Kier alpha value is -1.79. The largest absolute Gasteiger partial charge is 0.506 e. The predicted octanol–water partition coefficient (Wildman–Crippen LogP) is 4.28. The van der Waals surface area contributed by atoms with Crippen molar-refractivity contribution in [2.45, 2.75) is 31.1 Å². The van der Waals surface area contributed by atoms with Gasteiger partial charge >= 0.3 is 0 Å². The average molecular weight is 358 g/mol. The van der Waals surface area contributed by atoms with Gasteiger partial charge in [0, 0.05) is 0 Å². The van der Waals surface area contributed by atoms with Gasteiger partial charge < -0.3 is 5.11 Å². The van der Waals surface area contributed by atoms with Crippen LogP contribution in [0.4, 0.5) is 10.1 Å². The third-order valence-corrected chi connectivity index (χ3v) is 4.96. The Bertz CT molecular complexity index is 845. The summed E-state index contributed by atoms with van der Waals surface area (Å²) in [6, 6.07) is 7.82. The zero-order valence-corrected chi connectivity index (χ0v) is 14.5. The SMILES string of the molecule is CC(C)(C)c1ccc(O)c(NS(=O)(=O)c2ccc(F)c(Cl)c2)c1. The molecular formula is C16H17ClFNO3S. The van der Waals surface area contributed by atoms with E-state index >= 15 is 0 Å². The molecule has 0 atom stereocenters. The number of aromatic hydroxyl groups is 1. The average Bonchev–Trinajstić information content (AvgIpc) is 2.42. The molecule has 0 bridgehead atoms. The molecule has 0 saturated carbocycles. The van der Waals surface area contributed by atoms with Crippen molar-refractivity contribution in [2.75, 3.05) is 4.72 Å². The van der Waals surface area contributed by atoms with E-state index in [4.69, 9.17) is 11.6 Å². The number of hydrogen-bond acceptors (Lipinski definition) is 3. The first-order chi connectivity index (χ1) is 10.5. The number of phenolic OH excluding ortho intramolecular Hbond substituents is 1. The quantitative estimate of drug-likeness (QED) is 0.805. The Morgan fingerprint density at radius 2 is 1.78 bits per heavy atom. The standard InChI is InChI=1S/C16H17ClFNO3S/c1-16(2,3)10-4-7-15(20)14(8-10)19-23(21,22)11-5-6-13(18)12(17)9-11/h4-9,19-20H,1-3H3. The molecule has 2 rings (SSSR count). The van der Waals surface area contributed by atoms with Crippen molar-refractivity contribution >= 4 is 27.3 Å². The first-order valence-electron chi connectivity index (χ1n) is 6.82. The monoisotopic (exact) mass is 357 g/mol. The van der Waals surface area contributed by atoms with Crippen molar-refractivity contribution in [3.63, 3.8) is 0 Å². The third-order valence-electron chi connectivity index (χ3n) is 3.31. The van der Waals surface area contributed by atoms with Crippen molar-refractivity contribution in [3.8, 4) is 5.75 Å². The van der Waals surface area contributed by atoms with Crippen LogP contribution in [0.3, 0.4) is 0 Å². The van der Waals surface area contributed by atoms with Crippen LogP contribution < -0.4 is 4.72 Å². The maximum Gasteiger partial charge on any atom is 0.262 e. The summed E-state index contributed by atoms with van der Waals surface area (Å²) >= 11 is 5.62. The van der Waals surface area contributed by atoms with Crippen molar-refractivity contribution in [2.24, 2.45) is 0 Å². The molecule has 0 aliphatic heterocycles. The Balaban J connectivity index is 2.42. The minimum absolute atomic E-state index is 0.0536. The maximum atomic E-state index is 13.2. The zero-order chi connectivity index (χ0) is 17.4. The molecule has 0 saturated heterocycles. The molecule has 2 N–H and O–H groups in total. The van der Waals surface area contributed by atoms with Crippen LogP contribution >= 0.6 is 11.6 Å². The molecule has 23 heavy (non-hydrogen) atoms. The molecule has 2 aromatic rings. The topological polar surface area (TPSA) is 66.4 Å². The molecule has 0 heterocycles. The zero-order valence-electron chi connectivity index (χ0n) is 12.9. The van der Waals surface area contributed by atoms with Crippen LogP contribution in [0.25, 0.3) is 0 Å². The van der Waals surface area contributed by atoms with Crippen LogP contribution in [0.1, 0.15) is 26.3 Å². The molecular weight excluding hydrogens is 341 g/mol. The van der Waals surface area contributed by atoms with Gasteiger partial charge in [-0.25, -0.2) is 12.8 Å². The van der Waals surface area contributed by atoms with E-state index in [0.717, 1.165) is 23.8 Å². The highest BCUT2D eigenvalue weighted by atomic mass is 35.5. The van der Waals surface area contributed by atoms with Crippen LogP contribution in [0.15, 0.2) is 41.3 Å². The summed E-state index contributed by atoms with van der Waals surface area (Å²) in [6.45, 7) is 5.91. The van der Waals surface area contributed by atoms with E-state index in [9.17, 15) is 17.9 Å². The van der Waals surface area contributed by atoms with Crippen LogP contribution in [0.2, 0.25) is 5.02 Å². The number of sulfonamides is 1. The Morgan fingerprint density at radius 3 is 2.35 bits per heavy atom. The lowest BCUT2D eigenvalue weighted by Gasteiger charge is -2.20. The number of halogens is 2. The van der Waals surface area contributed by atoms with Gasteiger partial charge in [0.2, 0.25) is 0 Å². The number of nitrogens with one attached hydrogen (secondary N) is 1. The highest BCUT2D eigenvalue weighted by Gasteiger charge is 2.20. The lowest BCUT2D eigenvalue weighted by molar-refractivity contribution is 0.476. The van der Waals surface area contributed by atoms with Crippen LogP contribution in [-0.2, 0) is 15.4 Å². The molecule has 7 heteroatoms. The summed E-state index contributed by atoms with van der Waals surface area (Å²) in [5, 5.41) is 9.61. The lowest BCUT2D eigenvalue weighted by Crippen LogP contribution is -2.15. The molecule has 0 unspecified atom stereocenters. The minimum Gasteiger partial charge on any atom is -0.506 e. The predicted molar refractivity (Wildman–Crippen MR) is 89.0 cm³/mol. The third kappa shape index (κ3) is 3.95. The molecule has 0 amide bonds. The Labute approximate surface area is 140 Å². The van der Waals surface area contributed by atoms with Gasteiger partial charge in [-0.05, 0) is 41.3 Å². The van der Waals surface area contributed by atoms with Gasteiger partial charge in [0.25, 0.3) is 10.0 Å². The second-order valence-corrected chi connectivity index (χ2v) is 8.25. The van der Waals surface area contributed by atoms with E-state index in [1.165, 1.54) is 6.07 Å². The number of phenols is 1. The molecule has 2 aromatic carbocycles. The normalized spacial score (nSPS) is 12.2. The highest BCUT2D eigenvalue weighted by molar-refractivity contribution is 7.92. The van der Waals surface area contributed by atoms with Crippen molar-refractivity contribution in [1.82, 2.24) is 0 Å². The summed E-state index contributed by atoms with van der Waals surface area (Å²) in [4.78, 5) is -0.190. The summed E-state index contributed by atoms with van der Waals surface area (Å²) in [7, 11) is -4.00. The van der Waals surface area contributed by atoms with Gasteiger partial charge in [0.15, 0.2) is 0 Å². The fourth-order valence-electron chi connectivity index (χ4n) is 1.93. The number of hydrogen-bond donors (Lipinski definition) is 2. The minimum atomic E-state index is -4.00. The van der Waals surface area contributed by atoms with Gasteiger partial charge in [-0.1, -0.05) is 38.4 Å². The molecule has 4 nitrogen and oxygen atoms in total. The van der Waals surface area contributed by atoms with Crippen LogP contribution in [-0.4, -0.2) is 13.5 Å². The van der Waals surface area contributed by atoms with E-state index in [2.05, 4.69) is 4.72 Å². The second-order valence-electron chi connectivity index (χ2n) is 6.16. The molecule has 124 valence electrons.